The van der Waals surface area contributed by atoms with Gasteiger partial charge >= 0.3 is 0 Å². The van der Waals surface area contributed by atoms with Crippen molar-refractivity contribution in [2.75, 3.05) is 19.6 Å². The molecule has 0 atom stereocenters. The number of Topliss-reactive ketones (excluding diaryl/α,β-unsaturated/α-hetero) is 1. The van der Waals surface area contributed by atoms with Gasteiger partial charge in [-0.25, -0.2) is 0 Å². The van der Waals surface area contributed by atoms with E-state index in [1.54, 1.807) is 6.92 Å². The van der Waals surface area contributed by atoms with Gasteiger partial charge in [-0.1, -0.05) is 5.92 Å². The molecule has 0 aromatic carbocycles. The van der Waals surface area contributed by atoms with Crippen molar-refractivity contribution in [3.63, 3.8) is 0 Å². The zero-order chi connectivity index (χ0) is 10.4. The molecule has 1 fully saturated rings. The van der Waals surface area contributed by atoms with Crippen LogP contribution < -0.4 is 5.73 Å². The lowest BCUT2D eigenvalue weighted by Gasteiger charge is -2.29. The molecule has 0 amide bonds. The lowest BCUT2D eigenvalue weighted by Crippen LogP contribution is -2.41. The number of carbonyl (C=O) groups excluding carboxylic acids is 1. The van der Waals surface area contributed by atoms with Gasteiger partial charge in [0, 0.05) is 19.1 Å². The van der Waals surface area contributed by atoms with E-state index >= 15 is 0 Å². The molecule has 0 aliphatic carbocycles. The van der Waals surface area contributed by atoms with E-state index in [1.165, 1.54) is 0 Å². The second-order valence-electron chi connectivity index (χ2n) is 3.76. The van der Waals surface area contributed by atoms with E-state index in [-0.39, 0.29) is 5.78 Å². The van der Waals surface area contributed by atoms with Gasteiger partial charge in [0.25, 0.3) is 0 Å². The molecule has 1 heterocycles. The molecule has 0 radical (unpaired) electrons. The van der Waals surface area contributed by atoms with Gasteiger partial charge in [0.1, 0.15) is 0 Å². The van der Waals surface area contributed by atoms with E-state index in [4.69, 9.17) is 5.73 Å². The van der Waals surface area contributed by atoms with Crippen LogP contribution in [0, 0.1) is 11.8 Å². The molecule has 0 bridgehead atoms. The average molecular weight is 194 g/mol. The Labute approximate surface area is 85.6 Å². The molecule has 0 saturated carbocycles. The van der Waals surface area contributed by atoms with Crippen LogP contribution in [-0.2, 0) is 4.79 Å². The number of ketones is 1. The molecule has 1 aliphatic rings. The van der Waals surface area contributed by atoms with E-state index in [0.717, 1.165) is 25.9 Å². The molecule has 0 aromatic rings. The van der Waals surface area contributed by atoms with Crippen LogP contribution in [0.3, 0.4) is 0 Å². The SMILES string of the molecule is CC#CCC(=O)CN1CCC(N)CC1. The number of nitrogens with zero attached hydrogens (tertiary/aromatic N) is 1. The molecule has 0 aromatic heterocycles. The van der Waals surface area contributed by atoms with E-state index in [2.05, 4.69) is 16.7 Å². The third-order valence-electron chi connectivity index (χ3n) is 2.49. The first kappa shape index (κ1) is 11.2. The van der Waals surface area contributed by atoms with Crippen molar-refractivity contribution in [2.24, 2.45) is 5.73 Å². The summed E-state index contributed by atoms with van der Waals surface area (Å²) >= 11 is 0. The van der Waals surface area contributed by atoms with Gasteiger partial charge in [-0.05, 0) is 19.8 Å². The number of hydrogen-bond donors (Lipinski definition) is 1. The summed E-state index contributed by atoms with van der Waals surface area (Å²) in [6, 6.07) is 0.330. The van der Waals surface area contributed by atoms with Crippen LogP contribution in [0.5, 0.6) is 0 Å². The summed E-state index contributed by atoms with van der Waals surface area (Å²) in [5, 5.41) is 0. The summed E-state index contributed by atoms with van der Waals surface area (Å²) in [7, 11) is 0. The highest BCUT2D eigenvalue weighted by Crippen LogP contribution is 2.07. The molecule has 1 aliphatic heterocycles. The van der Waals surface area contributed by atoms with E-state index in [0.29, 0.717) is 19.0 Å². The fourth-order valence-corrected chi connectivity index (χ4v) is 1.60. The van der Waals surface area contributed by atoms with Crippen LogP contribution in [0.25, 0.3) is 0 Å². The summed E-state index contributed by atoms with van der Waals surface area (Å²) in [4.78, 5) is 13.5. The molecule has 3 heteroatoms. The van der Waals surface area contributed by atoms with Crippen LogP contribution in [0.4, 0.5) is 0 Å². The van der Waals surface area contributed by atoms with E-state index < -0.39 is 0 Å². The first-order valence-electron chi connectivity index (χ1n) is 5.11. The summed E-state index contributed by atoms with van der Waals surface area (Å²) < 4.78 is 0. The van der Waals surface area contributed by atoms with Crippen LogP contribution >= 0.6 is 0 Å². The number of likely N-dealkylation sites (tertiary alicyclic amines) is 1. The van der Waals surface area contributed by atoms with Crippen molar-refractivity contribution < 1.29 is 4.79 Å². The van der Waals surface area contributed by atoms with Crippen LogP contribution in [0.1, 0.15) is 26.2 Å². The highest BCUT2D eigenvalue weighted by molar-refractivity contribution is 5.82. The average Bonchev–Trinajstić information content (AvgIpc) is 2.18. The number of rotatable bonds is 3. The third kappa shape index (κ3) is 3.91. The lowest BCUT2D eigenvalue weighted by atomic mass is 10.1. The van der Waals surface area contributed by atoms with Crippen molar-refractivity contribution >= 4 is 5.78 Å². The molecule has 1 saturated heterocycles. The summed E-state index contributed by atoms with van der Waals surface area (Å²) in [6.07, 6.45) is 2.40. The minimum absolute atomic E-state index is 0.217. The van der Waals surface area contributed by atoms with Crippen molar-refractivity contribution in [1.82, 2.24) is 4.90 Å². The van der Waals surface area contributed by atoms with Gasteiger partial charge in [0.15, 0.2) is 5.78 Å². The molecular formula is C11H18N2O. The van der Waals surface area contributed by atoms with Crippen LogP contribution in [0.2, 0.25) is 0 Å². The second kappa shape index (κ2) is 5.79. The normalized spacial score (nSPS) is 18.7. The number of carbonyl (C=O) groups is 1. The monoisotopic (exact) mass is 194 g/mol. The Bertz CT molecular complexity index is 244. The Kier molecular flexibility index (Phi) is 4.64. The zero-order valence-electron chi connectivity index (χ0n) is 8.75. The Morgan fingerprint density at radius 1 is 1.50 bits per heavy atom. The van der Waals surface area contributed by atoms with Crippen molar-refractivity contribution in [2.45, 2.75) is 32.2 Å². The summed E-state index contributed by atoms with van der Waals surface area (Å²) in [6.45, 7) is 4.20. The van der Waals surface area contributed by atoms with Gasteiger partial charge in [-0.15, -0.1) is 5.92 Å². The maximum atomic E-state index is 11.4. The van der Waals surface area contributed by atoms with E-state index in [9.17, 15) is 4.79 Å². The Balaban J connectivity index is 2.22. The maximum absolute atomic E-state index is 11.4. The molecule has 78 valence electrons. The van der Waals surface area contributed by atoms with E-state index in [1.807, 2.05) is 0 Å². The Morgan fingerprint density at radius 2 is 2.14 bits per heavy atom. The smallest absolute Gasteiger partial charge is 0.158 e. The summed E-state index contributed by atoms with van der Waals surface area (Å²) in [5.74, 6) is 5.75. The van der Waals surface area contributed by atoms with Crippen molar-refractivity contribution in [1.29, 1.82) is 0 Å². The third-order valence-corrected chi connectivity index (χ3v) is 2.49. The minimum atomic E-state index is 0.217. The van der Waals surface area contributed by atoms with Crippen LogP contribution in [-0.4, -0.2) is 36.4 Å². The molecule has 1 rings (SSSR count). The van der Waals surface area contributed by atoms with Gasteiger partial charge in [-0.2, -0.15) is 0 Å². The second-order valence-corrected chi connectivity index (χ2v) is 3.76. The number of nitrogens with two attached hydrogens (primary N) is 1. The molecular weight excluding hydrogens is 176 g/mol. The Hall–Kier alpha value is -0.850. The highest BCUT2D eigenvalue weighted by atomic mass is 16.1. The highest BCUT2D eigenvalue weighted by Gasteiger charge is 2.17. The molecule has 0 unspecified atom stereocenters. The molecule has 3 nitrogen and oxygen atoms in total. The predicted molar refractivity (Wildman–Crippen MR) is 56.7 cm³/mol. The number of hydrogen-bond acceptors (Lipinski definition) is 3. The molecule has 14 heavy (non-hydrogen) atoms. The largest absolute Gasteiger partial charge is 0.328 e. The topological polar surface area (TPSA) is 46.3 Å². The van der Waals surface area contributed by atoms with Gasteiger partial charge in [0.05, 0.1) is 13.0 Å². The standard InChI is InChI=1S/C11H18N2O/c1-2-3-4-11(14)9-13-7-5-10(12)6-8-13/h10H,4-9,12H2,1H3. The van der Waals surface area contributed by atoms with Gasteiger partial charge in [0.2, 0.25) is 0 Å². The number of piperidine rings is 1. The van der Waals surface area contributed by atoms with Crippen LogP contribution in [0.15, 0.2) is 0 Å². The predicted octanol–water partition coefficient (Wildman–Crippen LogP) is 0.392. The molecule has 2 N–H and O–H groups in total. The maximum Gasteiger partial charge on any atom is 0.158 e. The Morgan fingerprint density at radius 3 is 2.71 bits per heavy atom. The lowest BCUT2D eigenvalue weighted by molar-refractivity contribution is -0.119. The van der Waals surface area contributed by atoms with Crippen molar-refractivity contribution in [3.8, 4) is 11.8 Å². The van der Waals surface area contributed by atoms with Crippen molar-refractivity contribution in [3.05, 3.63) is 0 Å². The fourth-order valence-electron chi connectivity index (χ4n) is 1.60. The minimum Gasteiger partial charge on any atom is -0.328 e. The summed E-state index contributed by atoms with van der Waals surface area (Å²) in [5.41, 5.74) is 5.77. The quantitative estimate of drug-likeness (QED) is 0.661. The molecule has 0 spiro atoms. The van der Waals surface area contributed by atoms with Gasteiger partial charge in [-0.3, -0.25) is 9.69 Å². The first-order chi connectivity index (χ1) is 6.72. The van der Waals surface area contributed by atoms with Gasteiger partial charge < -0.3 is 5.73 Å². The zero-order valence-corrected chi connectivity index (χ0v) is 8.75. The fraction of sp³-hybridized carbons (Fsp3) is 0.727. The first-order valence-corrected chi connectivity index (χ1v) is 5.11.